The number of piperidine rings is 1. The highest BCUT2D eigenvalue weighted by atomic mass is 32.2. The Morgan fingerprint density at radius 2 is 2.09 bits per heavy atom. The van der Waals surface area contributed by atoms with Crippen LogP contribution >= 0.6 is 0 Å². The van der Waals surface area contributed by atoms with Gasteiger partial charge in [-0.25, -0.2) is 4.98 Å². The minimum atomic E-state index is -0.915. The fourth-order valence-electron chi connectivity index (χ4n) is 2.99. The van der Waals surface area contributed by atoms with E-state index in [4.69, 9.17) is 0 Å². The molecule has 1 aromatic carbocycles. The minimum absolute atomic E-state index is 0.475. The molecule has 118 valence electrons. The predicted molar refractivity (Wildman–Crippen MR) is 87.0 cm³/mol. The first kappa shape index (κ1) is 15.4. The Bertz CT molecular complexity index is 587. The van der Waals surface area contributed by atoms with E-state index >= 15 is 0 Å². The van der Waals surface area contributed by atoms with Gasteiger partial charge in [-0.05, 0) is 31.5 Å². The lowest BCUT2D eigenvalue weighted by Gasteiger charge is -2.35. The molecule has 0 unspecified atom stereocenters. The zero-order valence-electron chi connectivity index (χ0n) is 12.7. The van der Waals surface area contributed by atoms with Gasteiger partial charge >= 0.3 is 0 Å². The van der Waals surface area contributed by atoms with Crippen LogP contribution in [0, 0.1) is 0 Å². The average Bonchev–Trinajstić information content (AvgIpc) is 3.07. The van der Waals surface area contributed by atoms with E-state index in [-0.39, 0.29) is 0 Å². The number of benzene rings is 1. The van der Waals surface area contributed by atoms with Gasteiger partial charge in [-0.1, -0.05) is 24.6 Å². The van der Waals surface area contributed by atoms with Gasteiger partial charge in [-0.2, -0.15) is 5.10 Å². The van der Waals surface area contributed by atoms with Crippen molar-refractivity contribution in [2.75, 3.05) is 18.8 Å². The fraction of sp³-hybridized carbons (Fsp3) is 0.500. The maximum absolute atomic E-state index is 12.4. The fourth-order valence-corrected chi connectivity index (χ4v) is 4.09. The lowest BCUT2D eigenvalue weighted by molar-refractivity contribution is 0.138. The third-order valence-corrected chi connectivity index (χ3v) is 5.53. The van der Waals surface area contributed by atoms with E-state index in [1.165, 1.54) is 19.3 Å². The van der Waals surface area contributed by atoms with Crippen LogP contribution in [-0.2, 0) is 17.3 Å². The number of rotatable bonds is 6. The zero-order valence-corrected chi connectivity index (χ0v) is 13.5. The molecule has 6 heteroatoms. The van der Waals surface area contributed by atoms with Crippen molar-refractivity contribution >= 4 is 10.8 Å². The summed E-state index contributed by atoms with van der Waals surface area (Å²) < 4.78 is 14.3. The molecule has 1 fully saturated rings. The van der Waals surface area contributed by atoms with Gasteiger partial charge in [0.2, 0.25) is 0 Å². The Morgan fingerprint density at radius 1 is 1.23 bits per heavy atom. The van der Waals surface area contributed by atoms with E-state index in [1.807, 2.05) is 35.0 Å². The molecule has 3 rings (SSSR count). The summed E-state index contributed by atoms with van der Waals surface area (Å²) in [5, 5.41) is 4.21. The average molecular weight is 318 g/mol. The molecule has 0 saturated carbocycles. The number of nitrogens with zero attached hydrogens (tertiary/aromatic N) is 4. The number of hydrogen-bond donors (Lipinski definition) is 0. The molecule has 22 heavy (non-hydrogen) atoms. The van der Waals surface area contributed by atoms with Crippen LogP contribution in [0.15, 0.2) is 47.9 Å². The summed E-state index contributed by atoms with van der Waals surface area (Å²) >= 11 is 0. The summed E-state index contributed by atoms with van der Waals surface area (Å²) in [5.41, 5.74) is 0. The Hall–Kier alpha value is -1.53. The summed E-state index contributed by atoms with van der Waals surface area (Å²) in [6.45, 7) is 2.84. The molecule has 0 spiro atoms. The Balaban J connectivity index is 1.56. The molecule has 1 aliphatic rings. The van der Waals surface area contributed by atoms with Crippen molar-refractivity contribution in [3.63, 3.8) is 0 Å². The van der Waals surface area contributed by atoms with Crippen LogP contribution in [0.1, 0.15) is 19.3 Å². The smallest absolute Gasteiger partial charge is 0.137 e. The molecule has 2 atom stereocenters. The quantitative estimate of drug-likeness (QED) is 0.817. The molecule has 5 nitrogen and oxygen atoms in total. The summed E-state index contributed by atoms with van der Waals surface area (Å²) in [4.78, 5) is 7.40. The lowest BCUT2D eigenvalue weighted by atomic mass is 10.0. The van der Waals surface area contributed by atoms with Crippen molar-refractivity contribution in [2.45, 2.75) is 36.7 Å². The molecule has 1 aliphatic heterocycles. The summed E-state index contributed by atoms with van der Waals surface area (Å²) in [5.74, 6) is 0.692. The molecule has 1 aromatic heterocycles. The molecule has 0 bridgehead atoms. The van der Waals surface area contributed by atoms with Crippen LogP contribution < -0.4 is 0 Å². The van der Waals surface area contributed by atoms with Crippen LogP contribution in [0.3, 0.4) is 0 Å². The highest BCUT2D eigenvalue weighted by molar-refractivity contribution is 7.85. The largest absolute Gasteiger partial charge is 0.298 e. The van der Waals surface area contributed by atoms with Gasteiger partial charge in [-0.3, -0.25) is 13.8 Å². The van der Waals surface area contributed by atoms with Crippen LogP contribution in [0.4, 0.5) is 0 Å². The third-order valence-electron chi connectivity index (χ3n) is 4.18. The highest BCUT2D eigenvalue weighted by Gasteiger charge is 2.23. The van der Waals surface area contributed by atoms with E-state index in [9.17, 15) is 4.21 Å². The Labute approximate surface area is 133 Å². The van der Waals surface area contributed by atoms with Crippen LogP contribution in [0.5, 0.6) is 0 Å². The van der Waals surface area contributed by atoms with Gasteiger partial charge < -0.3 is 0 Å². The van der Waals surface area contributed by atoms with Gasteiger partial charge in [0.1, 0.15) is 12.7 Å². The molecule has 0 amide bonds. The second-order valence-corrected chi connectivity index (χ2v) is 7.24. The number of likely N-dealkylation sites (tertiary alicyclic amines) is 1. The van der Waals surface area contributed by atoms with E-state index < -0.39 is 10.8 Å². The lowest BCUT2D eigenvalue weighted by Crippen LogP contribution is -2.44. The van der Waals surface area contributed by atoms with Crippen LogP contribution in [0.25, 0.3) is 0 Å². The predicted octanol–water partition coefficient (Wildman–Crippen LogP) is 1.94. The van der Waals surface area contributed by atoms with E-state index in [2.05, 4.69) is 15.0 Å². The van der Waals surface area contributed by atoms with Gasteiger partial charge in [-0.15, -0.1) is 0 Å². The van der Waals surface area contributed by atoms with E-state index in [0.29, 0.717) is 11.8 Å². The first-order chi connectivity index (χ1) is 10.8. The van der Waals surface area contributed by atoms with Crippen LogP contribution in [-0.4, -0.2) is 48.8 Å². The Morgan fingerprint density at radius 3 is 2.86 bits per heavy atom. The summed E-state index contributed by atoms with van der Waals surface area (Å²) in [6, 6.07) is 10.2. The summed E-state index contributed by atoms with van der Waals surface area (Å²) in [7, 11) is -0.915. The van der Waals surface area contributed by atoms with Crippen molar-refractivity contribution in [1.82, 2.24) is 19.7 Å². The maximum Gasteiger partial charge on any atom is 0.137 e. The first-order valence-electron chi connectivity index (χ1n) is 7.83. The maximum atomic E-state index is 12.4. The molecule has 0 N–H and O–H groups in total. The molecule has 0 aliphatic carbocycles. The van der Waals surface area contributed by atoms with E-state index in [1.54, 1.807) is 12.7 Å². The van der Waals surface area contributed by atoms with Crippen molar-refractivity contribution in [3.8, 4) is 0 Å². The Kier molecular flexibility index (Phi) is 5.34. The molecule has 0 radical (unpaired) electrons. The normalized spacial score (nSPS) is 20.8. The second kappa shape index (κ2) is 7.65. The van der Waals surface area contributed by atoms with Gasteiger partial charge in [0.15, 0.2) is 0 Å². The van der Waals surface area contributed by atoms with E-state index in [0.717, 1.165) is 24.5 Å². The highest BCUT2D eigenvalue weighted by Crippen LogP contribution is 2.18. The number of aromatic nitrogens is 3. The minimum Gasteiger partial charge on any atom is -0.298 e. The zero-order chi connectivity index (χ0) is 15.2. The molecule has 1 saturated heterocycles. The number of hydrogen-bond acceptors (Lipinski definition) is 4. The molecule has 2 heterocycles. The van der Waals surface area contributed by atoms with Crippen molar-refractivity contribution in [3.05, 3.63) is 43.0 Å². The second-order valence-electron chi connectivity index (χ2n) is 5.67. The van der Waals surface area contributed by atoms with Gasteiger partial charge in [0.25, 0.3) is 0 Å². The standard InChI is InChI=1S/C16H22N4OS/c21-22(16-7-2-1-3-8-16)11-10-19-9-5-4-6-15(19)12-20-14-17-13-18-20/h1-3,7-8,13-15H,4-6,9-12H2/t15-,22-/m1/s1. The van der Waals surface area contributed by atoms with Gasteiger partial charge in [0.05, 0.1) is 17.3 Å². The first-order valence-corrected chi connectivity index (χ1v) is 9.15. The van der Waals surface area contributed by atoms with Gasteiger partial charge in [0, 0.05) is 23.2 Å². The van der Waals surface area contributed by atoms with Crippen molar-refractivity contribution in [2.24, 2.45) is 0 Å². The molecular weight excluding hydrogens is 296 g/mol. The molecule has 2 aromatic rings. The van der Waals surface area contributed by atoms with Crippen LogP contribution in [0.2, 0.25) is 0 Å². The summed E-state index contributed by atoms with van der Waals surface area (Å²) in [6.07, 6.45) is 7.02. The monoisotopic (exact) mass is 318 g/mol. The topological polar surface area (TPSA) is 51.0 Å². The van der Waals surface area contributed by atoms with Crippen molar-refractivity contribution < 1.29 is 4.21 Å². The van der Waals surface area contributed by atoms with Crippen molar-refractivity contribution in [1.29, 1.82) is 0 Å². The third kappa shape index (κ3) is 4.01. The SMILES string of the molecule is O=[S@](CCN1CCCC[C@@H]1Cn1cncn1)c1ccccc1. The molecular formula is C16H22N4OS.